The first-order chi connectivity index (χ1) is 8.52. The van der Waals surface area contributed by atoms with Gasteiger partial charge < -0.3 is 0 Å². The second kappa shape index (κ2) is 4.90. The van der Waals surface area contributed by atoms with Gasteiger partial charge in [0, 0.05) is 5.56 Å². The summed E-state index contributed by atoms with van der Waals surface area (Å²) in [5, 5.41) is 0. The quantitative estimate of drug-likeness (QED) is 0.794. The van der Waals surface area contributed by atoms with Gasteiger partial charge in [0.25, 0.3) is 0 Å². The van der Waals surface area contributed by atoms with Crippen LogP contribution in [0.2, 0.25) is 0 Å². The van der Waals surface area contributed by atoms with E-state index >= 15 is 0 Å². The third-order valence-electron chi connectivity index (χ3n) is 2.80. The van der Waals surface area contributed by atoms with Gasteiger partial charge in [-0.15, -0.1) is 3.89 Å². The summed E-state index contributed by atoms with van der Waals surface area (Å²) in [5.41, 5.74) is 1.89. The minimum Gasteiger partial charge on any atom is -0.189 e. The second-order valence-electron chi connectivity index (χ2n) is 3.99. The summed E-state index contributed by atoms with van der Waals surface area (Å²) >= 11 is 0. The van der Waals surface area contributed by atoms with Gasteiger partial charge in [-0.1, -0.05) is 49.4 Å². The molecule has 0 aliphatic carbocycles. The van der Waals surface area contributed by atoms with Crippen molar-refractivity contribution in [2.24, 2.45) is 0 Å². The lowest BCUT2D eigenvalue weighted by atomic mass is 10.0. The van der Waals surface area contributed by atoms with Crippen molar-refractivity contribution in [1.29, 1.82) is 0 Å². The maximum Gasteiger partial charge on any atom is 0.332 e. The molecular weight excluding hydrogens is 251 g/mol. The van der Waals surface area contributed by atoms with Gasteiger partial charge in [0.2, 0.25) is 0 Å². The van der Waals surface area contributed by atoms with E-state index in [2.05, 4.69) is 0 Å². The van der Waals surface area contributed by atoms with Gasteiger partial charge >= 0.3 is 10.2 Å². The van der Waals surface area contributed by atoms with Crippen molar-refractivity contribution in [2.75, 3.05) is 0 Å². The van der Waals surface area contributed by atoms with Crippen LogP contribution in [0.4, 0.5) is 3.89 Å². The Balaban J connectivity index is 2.69. The van der Waals surface area contributed by atoms with E-state index in [9.17, 15) is 12.3 Å². The zero-order valence-corrected chi connectivity index (χ0v) is 10.7. The molecule has 0 N–H and O–H groups in total. The fraction of sp³-hybridized carbons (Fsp3) is 0.143. The van der Waals surface area contributed by atoms with Crippen molar-refractivity contribution in [2.45, 2.75) is 18.2 Å². The van der Waals surface area contributed by atoms with E-state index in [0.29, 0.717) is 17.5 Å². The Morgan fingerprint density at radius 1 is 1.06 bits per heavy atom. The Bertz CT molecular complexity index is 649. The van der Waals surface area contributed by atoms with Crippen LogP contribution >= 0.6 is 0 Å². The first-order valence-electron chi connectivity index (χ1n) is 5.65. The van der Waals surface area contributed by atoms with Crippen LogP contribution in [0.15, 0.2) is 53.4 Å². The number of aryl methyl sites for hydroxylation is 1. The Kier molecular flexibility index (Phi) is 3.48. The van der Waals surface area contributed by atoms with Crippen LogP contribution in [0.1, 0.15) is 12.5 Å². The predicted molar refractivity (Wildman–Crippen MR) is 69.5 cm³/mol. The number of benzene rings is 2. The number of hydrogen-bond acceptors (Lipinski definition) is 2. The molecule has 2 nitrogen and oxygen atoms in total. The molecule has 0 unspecified atom stereocenters. The van der Waals surface area contributed by atoms with E-state index < -0.39 is 10.2 Å². The number of halogens is 1. The van der Waals surface area contributed by atoms with Gasteiger partial charge in [0.05, 0.1) is 0 Å². The molecule has 18 heavy (non-hydrogen) atoms. The fourth-order valence-corrected chi connectivity index (χ4v) is 2.59. The van der Waals surface area contributed by atoms with Crippen molar-refractivity contribution >= 4 is 10.2 Å². The van der Waals surface area contributed by atoms with Gasteiger partial charge in [0.15, 0.2) is 0 Å². The average molecular weight is 264 g/mol. The third kappa shape index (κ3) is 2.59. The van der Waals surface area contributed by atoms with Crippen LogP contribution in [-0.2, 0) is 16.6 Å². The maximum atomic E-state index is 13.4. The molecule has 0 amide bonds. The highest BCUT2D eigenvalue weighted by atomic mass is 32.3. The summed E-state index contributed by atoms with van der Waals surface area (Å²) in [6.45, 7) is 1.89. The molecule has 0 fully saturated rings. The van der Waals surface area contributed by atoms with E-state index in [1.54, 1.807) is 30.3 Å². The molecule has 0 saturated heterocycles. The van der Waals surface area contributed by atoms with Crippen LogP contribution in [0, 0.1) is 0 Å². The maximum absolute atomic E-state index is 13.4. The van der Waals surface area contributed by atoms with Gasteiger partial charge in [-0.05, 0) is 23.6 Å². The van der Waals surface area contributed by atoms with E-state index in [-0.39, 0.29) is 4.90 Å². The van der Waals surface area contributed by atoms with Crippen LogP contribution in [-0.4, -0.2) is 8.42 Å². The zero-order valence-electron chi connectivity index (χ0n) is 9.93. The smallest absolute Gasteiger partial charge is 0.189 e. The molecule has 94 valence electrons. The van der Waals surface area contributed by atoms with E-state index in [1.165, 1.54) is 6.07 Å². The standard InChI is InChI=1S/C14H13FO2S/c1-2-11-8-9-13(12-6-4-3-5-7-12)14(10-11)18(15,16)17/h3-10H,2H2,1H3. The van der Waals surface area contributed by atoms with Crippen molar-refractivity contribution in [3.8, 4) is 11.1 Å². The highest BCUT2D eigenvalue weighted by molar-refractivity contribution is 7.86. The molecule has 2 aromatic carbocycles. The third-order valence-corrected chi connectivity index (χ3v) is 3.66. The van der Waals surface area contributed by atoms with E-state index in [1.807, 2.05) is 19.1 Å². The van der Waals surface area contributed by atoms with Gasteiger partial charge in [0.1, 0.15) is 4.90 Å². The van der Waals surface area contributed by atoms with Crippen LogP contribution in [0.3, 0.4) is 0 Å². The molecule has 0 atom stereocenters. The molecule has 0 heterocycles. The molecule has 2 aromatic rings. The summed E-state index contributed by atoms with van der Waals surface area (Å²) in [7, 11) is -4.71. The molecule has 0 radical (unpaired) electrons. The summed E-state index contributed by atoms with van der Waals surface area (Å²) in [4.78, 5) is -0.256. The Labute approximate surface area is 106 Å². The minimum absolute atomic E-state index is 0.256. The highest BCUT2D eigenvalue weighted by Crippen LogP contribution is 2.29. The Hall–Kier alpha value is -1.68. The predicted octanol–water partition coefficient (Wildman–Crippen LogP) is 3.57. The highest BCUT2D eigenvalue weighted by Gasteiger charge is 2.18. The van der Waals surface area contributed by atoms with Crippen molar-refractivity contribution in [3.05, 3.63) is 54.1 Å². The summed E-state index contributed by atoms with van der Waals surface area (Å²) in [6.07, 6.45) is 0.664. The normalized spacial score (nSPS) is 11.4. The van der Waals surface area contributed by atoms with Gasteiger partial charge in [-0.25, -0.2) is 0 Å². The Morgan fingerprint density at radius 3 is 2.28 bits per heavy atom. The van der Waals surface area contributed by atoms with Gasteiger partial charge in [-0.2, -0.15) is 8.42 Å². The first kappa shape index (κ1) is 12.8. The van der Waals surface area contributed by atoms with E-state index in [4.69, 9.17) is 0 Å². The average Bonchev–Trinajstić information content (AvgIpc) is 2.38. The molecule has 4 heteroatoms. The summed E-state index contributed by atoms with van der Waals surface area (Å²) < 4.78 is 35.8. The van der Waals surface area contributed by atoms with Crippen LogP contribution in [0.5, 0.6) is 0 Å². The van der Waals surface area contributed by atoms with Crippen LogP contribution < -0.4 is 0 Å². The summed E-state index contributed by atoms with van der Waals surface area (Å²) in [6, 6.07) is 13.8. The zero-order chi connectivity index (χ0) is 13.2. The lowest BCUT2D eigenvalue weighted by Gasteiger charge is -2.08. The monoisotopic (exact) mass is 264 g/mol. The summed E-state index contributed by atoms with van der Waals surface area (Å²) in [5.74, 6) is 0. The molecule has 0 aliphatic rings. The molecule has 0 spiro atoms. The molecule has 0 saturated carbocycles. The minimum atomic E-state index is -4.71. The lowest BCUT2D eigenvalue weighted by molar-refractivity contribution is 0.552. The SMILES string of the molecule is CCc1ccc(-c2ccccc2)c(S(=O)(=O)F)c1. The van der Waals surface area contributed by atoms with Crippen molar-refractivity contribution in [1.82, 2.24) is 0 Å². The lowest BCUT2D eigenvalue weighted by Crippen LogP contribution is -1.97. The molecule has 0 bridgehead atoms. The molecular formula is C14H13FO2S. The largest absolute Gasteiger partial charge is 0.332 e. The number of rotatable bonds is 3. The van der Waals surface area contributed by atoms with Crippen LogP contribution in [0.25, 0.3) is 11.1 Å². The molecule has 0 aliphatic heterocycles. The first-order valence-corrected chi connectivity index (χ1v) is 7.03. The van der Waals surface area contributed by atoms with Gasteiger partial charge in [-0.3, -0.25) is 0 Å². The number of hydrogen-bond donors (Lipinski definition) is 0. The van der Waals surface area contributed by atoms with Crippen molar-refractivity contribution in [3.63, 3.8) is 0 Å². The van der Waals surface area contributed by atoms with Crippen molar-refractivity contribution < 1.29 is 12.3 Å². The molecule has 2 rings (SSSR count). The van der Waals surface area contributed by atoms with E-state index in [0.717, 1.165) is 5.56 Å². The Morgan fingerprint density at radius 2 is 1.72 bits per heavy atom. The molecule has 0 aromatic heterocycles. The fourth-order valence-electron chi connectivity index (χ4n) is 1.84. The topological polar surface area (TPSA) is 34.1 Å². The second-order valence-corrected chi connectivity index (χ2v) is 5.30.